The summed E-state index contributed by atoms with van der Waals surface area (Å²) in [6.45, 7) is 7.17. The number of halogens is 1. The molecule has 8 rings (SSSR count). The summed E-state index contributed by atoms with van der Waals surface area (Å²) in [5.74, 6) is -0.251. The molecule has 0 saturated carbocycles. The minimum atomic E-state index is -0.743. The normalized spacial score (nSPS) is 33.3. The molecule has 7 saturated heterocycles. The summed E-state index contributed by atoms with van der Waals surface area (Å²) in [5.41, 5.74) is 0.317. The van der Waals surface area contributed by atoms with Crippen molar-refractivity contribution in [3.63, 3.8) is 0 Å². The lowest BCUT2D eigenvalue weighted by molar-refractivity contribution is -0.136. The number of nitrogens with zero attached hydrogens (tertiary/aromatic N) is 5. The first kappa shape index (κ1) is 34.4. The Kier molecular flexibility index (Phi) is 10.5. The number of rotatable bonds is 2. The second-order valence-electron chi connectivity index (χ2n) is 15.6. The molecule has 4 bridgehead atoms. The zero-order valence-corrected chi connectivity index (χ0v) is 29.0. The maximum Gasteiger partial charge on any atom is 0.254 e. The molecule has 268 valence electrons. The molecule has 12 heteroatoms. The van der Waals surface area contributed by atoms with Gasteiger partial charge in [-0.05, 0) is 127 Å². The topological polar surface area (TPSA) is 109 Å². The van der Waals surface area contributed by atoms with Gasteiger partial charge in [0.05, 0.1) is 6.04 Å². The van der Waals surface area contributed by atoms with Crippen LogP contribution in [0.15, 0.2) is 24.3 Å². The fourth-order valence-electron chi connectivity index (χ4n) is 9.67. The zero-order chi connectivity index (χ0) is 34.1. The third-order valence-electron chi connectivity index (χ3n) is 12.6. The van der Waals surface area contributed by atoms with Gasteiger partial charge in [-0.2, -0.15) is 0 Å². The van der Waals surface area contributed by atoms with Gasteiger partial charge in [0.1, 0.15) is 11.9 Å². The first-order valence-electron chi connectivity index (χ1n) is 18.8. The highest BCUT2D eigenvalue weighted by atomic mass is 19.1. The Morgan fingerprint density at radius 3 is 2.27 bits per heavy atom. The minimum Gasteiger partial charge on any atom is -0.354 e. The van der Waals surface area contributed by atoms with Crippen LogP contribution >= 0.6 is 0 Å². The van der Waals surface area contributed by atoms with Crippen LogP contribution in [0.2, 0.25) is 0 Å². The second kappa shape index (κ2) is 15.0. The monoisotopic (exact) mass is 679 g/mol. The molecule has 7 aliphatic rings. The largest absolute Gasteiger partial charge is 0.354 e. The van der Waals surface area contributed by atoms with Crippen molar-refractivity contribution < 1.29 is 23.6 Å². The Morgan fingerprint density at radius 2 is 1.51 bits per heavy atom. The Bertz CT molecular complexity index is 1360. The fraction of sp³-hybridized carbons (Fsp3) is 0.730. The molecule has 7 heterocycles. The van der Waals surface area contributed by atoms with Crippen LogP contribution in [0.3, 0.4) is 0 Å². The van der Waals surface area contributed by atoms with Gasteiger partial charge in [0.15, 0.2) is 0 Å². The fourth-order valence-corrected chi connectivity index (χ4v) is 9.67. The van der Waals surface area contributed by atoms with Crippen LogP contribution in [0.25, 0.3) is 0 Å². The van der Waals surface area contributed by atoms with Gasteiger partial charge in [-0.3, -0.25) is 29.0 Å². The molecule has 11 nitrogen and oxygen atoms in total. The van der Waals surface area contributed by atoms with Gasteiger partial charge >= 0.3 is 0 Å². The Morgan fingerprint density at radius 1 is 0.776 bits per heavy atom. The van der Waals surface area contributed by atoms with E-state index in [9.17, 15) is 23.6 Å². The van der Waals surface area contributed by atoms with Gasteiger partial charge in [-0.25, -0.2) is 4.39 Å². The first-order valence-corrected chi connectivity index (χ1v) is 18.8. The van der Waals surface area contributed by atoms with E-state index in [1.807, 2.05) is 0 Å². The average Bonchev–Trinajstić information content (AvgIpc) is 3.77. The number of hydrogen-bond donors (Lipinski definition) is 2. The van der Waals surface area contributed by atoms with Crippen molar-refractivity contribution in [2.24, 2.45) is 11.8 Å². The molecule has 7 aliphatic heterocycles. The van der Waals surface area contributed by atoms with E-state index in [-0.39, 0.29) is 60.1 Å². The smallest absolute Gasteiger partial charge is 0.254 e. The molecular weight excluding hydrogens is 625 g/mol. The molecule has 1 aromatic rings. The standard InChI is InChI=1S/C37H54FN7O4/c1-41-16-10-30(11-17-41)43-18-9-26-21-34(46)42-19-12-31(13-20-42)44-15-2-3-32(44)36(48)40-29-22-33(35(47)39-14-8-27(26)23-43)45(24-29)37(49)25-4-6-28(38)7-5-25/h4-7,26-27,29-33H,2-3,8-24H2,1H3,(H,39,47)(H,40,48)/t26-,27-,29-,32-,33-/m0/s1. The van der Waals surface area contributed by atoms with Gasteiger partial charge in [0, 0.05) is 62.8 Å². The molecular formula is C37H54FN7O4. The Balaban J connectivity index is 1.11. The summed E-state index contributed by atoms with van der Waals surface area (Å²) in [6, 6.07) is 4.87. The van der Waals surface area contributed by atoms with Crippen molar-refractivity contribution in [3.05, 3.63) is 35.6 Å². The highest BCUT2D eigenvalue weighted by Crippen LogP contribution is 2.34. The van der Waals surface area contributed by atoms with Crippen LogP contribution in [0.1, 0.15) is 74.6 Å². The van der Waals surface area contributed by atoms with Crippen molar-refractivity contribution in [2.45, 2.75) is 94.4 Å². The van der Waals surface area contributed by atoms with E-state index in [1.54, 1.807) is 4.90 Å². The van der Waals surface area contributed by atoms with E-state index in [0.29, 0.717) is 31.0 Å². The summed E-state index contributed by atoms with van der Waals surface area (Å²) in [4.78, 5) is 66.0. The quantitative estimate of drug-likeness (QED) is 0.492. The lowest BCUT2D eigenvalue weighted by Gasteiger charge is -2.45. The molecule has 1 aromatic carbocycles. The van der Waals surface area contributed by atoms with E-state index in [0.717, 1.165) is 97.2 Å². The van der Waals surface area contributed by atoms with E-state index in [4.69, 9.17) is 0 Å². The van der Waals surface area contributed by atoms with Crippen molar-refractivity contribution >= 4 is 23.6 Å². The number of fused-ring (bicyclic) bond motifs is 7. The van der Waals surface area contributed by atoms with Gasteiger partial charge in [0.25, 0.3) is 5.91 Å². The van der Waals surface area contributed by atoms with Crippen LogP contribution in [0, 0.1) is 17.7 Å². The third-order valence-corrected chi connectivity index (χ3v) is 12.6. The summed E-state index contributed by atoms with van der Waals surface area (Å²) < 4.78 is 13.7. The van der Waals surface area contributed by atoms with Crippen LogP contribution < -0.4 is 10.6 Å². The highest BCUT2D eigenvalue weighted by Gasteiger charge is 2.44. The Hall–Kier alpha value is -3.09. The zero-order valence-electron chi connectivity index (χ0n) is 29.0. The minimum absolute atomic E-state index is 0.0487. The average molecular weight is 680 g/mol. The molecule has 0 unspecified atom stereocenters. The highest BCUT2D eigenvalue weighted by molar-refractivity contribution is 5.98. The number of nitrogens with one attached hydrogen (secondary N) is 2. The van der Waals surface area contributed by atoms with E-state index < -0.39 is 11.9 Å². The number of carbonyl (C=O) groups excluding carboxylic acids is 4. The van der Waals surface area contributed by atoms with Crippen molar-refractivity contribution in [2.75, 3.05) is 66.0 Å². The molecule has 7 fully saturated rings. The number of hydrogen-bond acceptors (Lipinski definition) is 7. The van der Waals surface area contributed by atoms with Gasteiger partial charge in [-0.15, -0.1) is 0 Å². The predicted molar refractivity (Wildman–Crippen MR) is 183 cm³/mol. The number of amides is 4. The van der Waals surface area contributed by atoms with E-state index in [1.165, 1.54) is 24.3 Å². The van der Waals surface area contributed by atoms with Gasteiger partial charge in [0.2, 0.25) is 17.7 Å². The molecule has 0 aromatic heterocycles. The predicted octanol–water partition coefficient (Wildman–Crippen LogP) is 1.92. The van der Waals surface area contributed by atoms with Crippen LogP contribution in [0.4, 0.5) is 4.39 Å². The molecule has 0 spiro atoms. The second-order valence-corrected chi connectivity index (χ2v) is 15.6. The van der Waals surface area contributed by atoms with Crippen LogP contribution in [0.5, 0.6) is 0 Å². The Labute approximate surface area is 289 Å². The SMILES string of the molecule is CN1CCC(N2CC[C@H]3CC(=O)N4CCC(CC4)N4CCC[C@H]4C(=O)N[C@H]4C[C@@H](C(=O)NCC[C@H]3C2)N(C(=O)c2ccc(F)cc2)C4)CC1. The van der Waals surface area contributed by atoms with Gasteiger partial charge < -0.3 is 25.3 Å². The van der Waals surface area contributed by atoms with Crippen LogP contribution in [-0.2, 0) is 14.4 Å². The maximum atomic E-state index is 13.9. The lowest BCUT2D eigenvalue weighted by atomic mass is 9.79. The molecule has 2 N–H and O–H groups in total. The van der Waals surface area contributed by atoms with E-state index >= 15 is 0 Å². The number of carbonyl (C=O) groups is 4. The van der Waals surface area contributed by atoms with Gasteiger partial charge in [-0.1, -0.05) is 0 Å². The molecule has 5 atom stereocenters. The number of benzene rings is 1. The molecule has 49 heavy (non-hydrogen) atoms. The summed E-state index contributed by atoms with van der Waals surface area (Å²) in [6.07, 6.45) is 8.42. The number of likely N-dealkylation sites (tertiary alicyclic amines) is 3. The first-order chi connectivity index (χ1) is 23.7. The number of piperidine rings is 3. The summed E-state index contributed by atoms with van der Waals surface area (Å²) in [7, 11) is 2.19. The molecule has 0 aliphatic carbocycles. The van der Waals surface area contributed by atoms with Crippen molar-refractivity contribution in [3.8, 4) is 0 Å². The summed E-state index contributed by atoms with van der Waals surface area (Å²) >= 11 is 0. The van der Waals surface area contributed by atoms with E-state index in [2.05, 4.69) is 37.3 Å². The van der Waals surface area contributed by atoms with Crippen LogP contribution in [-0.4, -0.2) is 144 Å². The molecule has 4 amide bonds. The molecule has 0 radical (unpaired) electrons. The maximum absolute atomic E-state index is 13.9. The van der Waals surface area contributed by atoms with Crippen molar-refractivity contribution in [1.82, 2.24) is 35.1 Å². The summed E-state index contributed by atoms with van der Waals surface area (Å²) in [5, 5.41) is 6.37. The van der Waals surface area contributed by atoms with Crippen molar-refractivity contribution in [1.29, 1.82) is 0 Å². The third kappa shape index (κ3) is 7.66. The lowest BCUT2D eigenvalue weighted by Crippen LogP contribution is -2.54.